The second kappa shape index (κ2) is 13.9. The standard InChI is InChI=1S/C44H30N4O8.Fe/c49-32-9-1-5-26(41(32)53)30-19-25-18-23-14-13-21(45-23)17-22-15-16-24(46-22)20-31-36(27-6-2-10-33(50)42(27)54)37(28-7-3-11-34(51)43(28)55)40(48-31)38(39(30)47-25)29-8-4-12-35(52)44(29)56;/h1-20,45,48-56H;. The smallest absolute Gasteiger partial charge is 0.165 e. The average Bonchev–Trinajstić information content (AvgIpc) is 3.98. The Balaban J connectivity index is 0.00000455. The summed E-state index contributed by atoms with van der Waals surface area (Å²) in [6.07, 6.45) is 5.31. The van der Waals surface area contributed by atoms with E-state index in [0.717, 1.165) is 5.52 Å². The minimum Gasteiger partial charge on any atom is -0.504 e. The number of hydrogen-bond acceptors (Lipinski definition) is 10. The van der Waals surface area contributed by atoms with Crippen molar-refractivity contribution >= 4 is 45.9 Å². The summed E-state index contributed by atoms with van der Waals surface area (Å²) in [6.45, 7) is 0. The zero-order valence-corrected chi connectivity index (χ0v) is 30.5. The van der Waals surface area contributed by atoms with Gasteiger partial charge in [0.25, 0.3) is 0 Å². The van der Waals surface area contributed by atoms with Crippen LogP contribution in [0, 0.1) is 0 Å². The van der Waals surface area contributed by atoms with Gasteiger partial charge in [0.1, 0.15) is 0 Å². The van der Waals surface area contributed by atoms with Crippen LogP contribution in [0.15, 0.2) is 103 Å². The van der Waals surface area contributed by atoms with Gasteiger partial charge in [0.2, 0.25) is 0 Å². The van der Waals surface area contributed by atoms with Crippen LogP contribution in [-0.2, 0) is 17.1 Å². The van der Waals surface area contributed by atoms with E-state index in [2.05, 4.69) is 9.97 Å². The van der Waals surface area contributed by atoms with Crippen LogP contribution < -0.4 is 0 Å². The van der Waals surface area contributed by atoms with Crippen LogP contribution in [0.4, 0.5) is 0 Å². The molecule has 10 N–H and O–H groups in total. The summed E-state index contributed by atoms with van der Waals surface area (Å²) < 4.78 is 0. The zero-order valence-electron chi connectivity index (χ0n) is 29.4. The molecule has 3 aromatic heterocycles. The number of nitrogens with zero attached hydrogens (tertiary/aromatic N) is 2. The molecule has 7 aromatic rings. The predicted octanol–water partition coefficient (Wildman–Crippen LogP) is 8.72. The van der Waals surface area contributed by atoms with E-state index in [1.54, 1.807) is 54.6 Å². The molecule has 2 aliphatic heterocycles. The van der Waals surface area contributed by atoms with Crippen molar-refractivity contribution in [2.24, 2.45) is 0 Å². The number of aromatic amines is 2. The fourth-order valence-corrected chi connectivity index (χ4v) is 7.22. The first kappa shape index (κ1) is 36.4. The molecule has 0 amide bonds. The Labute approximate surface area is 333 Å². The van der Waals surface area contributed by atoms with Crippen molar-refractivity contribution in [2.45, 2.75) is 0 Å². The van der Waals surface area contributed by atoms with Crippen LogP contribution in [0.5, 0.6) is 46.0 Å². The number of aromatic hydroxyl groups is 8. The van der Waals surface area contributed by atoms with Crippen molar-refractivity contribution in [3.05, 3.63) is 131 Å². The summed E-state index contributed by atoms with van der Waals surface area (Å²) in [5.74, 6) is -3.72. The van der Waals surface area contributed by atoms with Gasteiger partial charge in [-0.05, 0) is 72.8 Å². The summed E-state index contributed by atoms with van der Waals surface area (Å²) in [4.78, 5) is 16.6. The summed E-state index contributed by atoms with van der Waals surface area (Å²) in [7, 11) is 0. The predicted molar refractivity (Wildman–Crippen MR) is 213 cm³/mol. The molecule has 12 nitrogen and oxygen atoms in total. The van der Waals surface area contributed by atoms with Crippen molar-refractivity contribution in [1.29, 1.82) is 0 Å². The Morgan fingerprint density at radius 2 is 0.877 bits per heavy atom. The van der Waals surface area contributed by atoms with Gasteiger partial charge in [-0.1, -0.05) is 48.5 Å². The zero-order chi connectivity index (χ0) is 38.8. The molecule has 2 aliphatic rings. The summed E-state index contributed by atoms with van der Waals surface area (Å²) >= 11 is 0. The van der Waals surface area contributed by atoms with E-state index in [0.29, 0.717) is 33.7 Å². The van der Waals surface area contributed by atoms with Crippen molar-refractivity contribution in [2.75, 3.05) is 0 Å². The number of H-pyrrole nitrogens is 2. The first-order valence-electron chi connectivity index (χ1n) is 17.3. The molecule has 0 atom stereocenters. The number of rotatable bonds is 4. The molecule has 4 aromatic carbocycles. The minimum absolute atomic E-state index is 0. The van der Waals surface area contributed by atoms with Crippen LogP contribution in [0.3, 0.4) is 0 Å². The van der Waals surface area contributed by atoms with Gasteiger partial charge in [-0.15, -0.1) is 0 Å². The van der Waals surface area contributed by atoms with E-state index in [9.17, 15) is 40.9 Å². The topological polar surface area (TPSA) is 219 Å². The number of para-hydroxylation sites is 4. The van der Waals surface area contributed by atoms with Gasteiger partial charge in [0.15, 0.2) is 46.0 Å². The van der Waals surface area contributed by atoms with Gasteiger partial charge >= 0.3 is 0 Å². The number of phenolic OH excluding ortho intramolecular Hbond substituents is 8. The number of aromatic nitrogens is 4. The van der Waals surface area contributed by atoms with Crippen molar-refractivity contribution in [3.63, 3.8) is 0 Å². The Hall–Kier alpha value is -7.60. The molecule has 0 aliphatic carbocycles. The van der Waals surface area contributed by atoms with Crippen LogP contribution in [-0.4, -0.2) is 60.8 Å². The molecular weight excluding hydrogens is 768 g/mol. The van der Waals surface area contributed by atoms with Gasteiger partial charge < -0.3 is 50.8 Å². The molecule has 13 heteroatoms. The van der Waals surface area contributed by atoms with E-state index in [1.165, 1.54) is 42.5 Å². The third kappa shape index (κ3) is 6.13. The molecule has 282 valence electrons. The number of nitrogens with one attached hydrogen (secondary N) is 2. The van der Waals surface area contributed by atoms with E-state index in [4.69, 9.17) is 9.97 Å². The van der Waals surface area contributed by atoms with Gasteiger partial charge in [0.05, 0.1) is 28.3 Å². The normalized spacial score (nSPS) is 12.0. The minimum atomic E-state index is -0.531. The number of hydrogen-bond donors (Lipinski definition) is 10. The molecule has 0 unspecified atom stereocenters. The fourth-order valence-electron chi connectivity index (χ4n) is 7.22. The largest absolute Gasteiger partial charge is 0.504 e. The van der Waals surface area contributed by atoms with Crippen LogP contribution in [0.1, 0.15) is 28.3 Å². The number of phenols is 8. The molecule has 0 radical (unpaired) electrons. The van der Waals surface area contributed by atoms with Crippen LogP contribution in [0.2, 0.25) is 0 Å². The van der Waals surface area contributed by atoms with E-state index < -0.39 is 46.0 Å². The summed E-state index contributed by atoms with van der Waals surface area (Å²) in [5.41, 5.74) is 4.88. The molecule has 8 bridgehead atoms. The second-order valence-corrected chi connectivity index (χ2v) is 13.3. The second-order valence-electron chi connectivity index (χ2n) is 13.3. The van der Waals surface area contributed by atoms with Gasteiger partial charge in [-0.2, -0.15) is 0 Å². The molecule has 5 heterocycles. The number of benzene rings is 4. The fraction of sp³-hybridized carbons (Fsp3) is 0. The maximum Gasteiger partial charge on any atom is 0.165 e. The maximum atomic E-state index is 11.6. The van der Waals surface area contributed by atoms with Crippen LogP contribution >= 0.6 is 0 Å². The maximum absolute atomic E-state index is 11.6. The van der Waals surface area contributed by atoms with Crippen LogP contribution in [0.25, 0.3) is 79.2 Å². The molecular formula is C44H30FeN4O8. The Morgan fingerprint density at radius 3 is 1.44 bits per heavy atom. The third-order valence-corrected chi connectivity index (χ3v) is 9.77. The van der Waals surface area contributed by atoms with Gasteiger partial charge in [-0.3, -0.25) is 0 Å². The third-order valence-electron chi connectivity index (χ3n) is 9.77. The van der Waals surface area contributed by atoms with E-state index >= 15 is 0 Å². The molecule has 0 saturated heterocycles. The molecule has 57 heavy (non-hydrogen) atoms. The Kier molecular flexibility index (Phi) is 8.88. The molecule has 0 spiro atoms. The summed E-state index contributed by atoms with van der Waals surface area (Å²) in [5, 5.41) is 89.2. The Morgan fingerprint density at radius 1 is 0.421 bits per heavy atom. The SMILES string of the molecule is Oc1cccc(C2=Cc3cc4ccc(cc5nc(cc6[nH]c(c(-c7cccc(O)c7O)c2n3)c(-c2cccc(O)c2O)c6-c2cccc(O)c2O)C=C5)[nH]4)c1O.[Fe]. The van der Waals surface area contributed by atoms with Crippen molar-refractivity contribution < 1.29 is 57.9 Å². The summed E-state index contributed by atoms with van der Waals surface area (Å²) in [6, 6.07) is 26.7. The van der Waals surface area contributed by atoms with Gasteiger partial charge in [0, 0.05) is 78.1 Å². The van der Waals surface area contributed by atoms with Crippen molar-refractivity contribution in [3.8, 4) is 79.4 Å². The van der Waals surface area contributed by atoms with Crippen molar-refractivity contribution in [1.82, 2.24) is 19.9 Å². The Bertz CT molecular complexity index is 3040. The first-order valence-corrected chi connectivity index (χ1v) is 17.3. The van der Waals surface area contributed by atoms with E-state index in [-0.39, 0.29) is 67.2 Å². The molecule has 9 rings (SSSR count). The first-order chi connectivity index (χ1) is 27.0. The van der Waals surface area contributed by atoms with E-state index in [1.807, 2.05) is 24.3 Å². The molecule has 0 fully saturated rings. The average molecular weight is 799 g/mol. The number of fused-ring (bicyclic) bond motifs is 8. The monoisotopic (exact) mass is 798 g/mol. The molecule has 0 saturated carbocycles. The van der Waals surface area contributed by atoms with Gasteiger partial charge in [-0.25, -0.2) is 9.97 Å². The quantitative estimate of drug-likeness (QED) is 0.0603.